The second-order valence-electron chi connectivity index (χ2n) is 5.05. The van der Waals surface area contributed by atoms with E-state index in [1.807, 2.05) is 0 Å². The molecule has 1 aliphatic carbocycles. The fourth-order valence-corrected chi connectivity index (χ4v) is 3.79. The molecule has 1 aromatic carbocycles. The first kappa shape index (κ1) is 13.5. The van der Waals surface area contributed by atoms with Crippen molar-refractivity contribution in [3.05, 3.63) is 34.5 Å². The van der Waals surface area contributed by atoms with E-state index < -0.39 is 5.97 Å². The number of hydrogen-bond donors (Lipinski definition) is 1. The molecule has 2 aromatic rings. The van der Waals surface area contributed by atoms with E-state index in [0.29, 0.717) is 15.6 Å². The van der Waals surface area contributed by atoms with Gasteiger partial charge >= 0.3 is 5.97 Å². The molecule has 0 unspecified atom stereocenters. The molecule has 5 heteroatoms. The van der Waals surface area contributed by atoms with E-state index >= 15 is 0 Å². The molecule has 1 aliphatic rings. The second kappa shape index (κ2) is 5.50. The number of thiophene rings is 1. The molecule has 0 amide bonds. The van der Waals surface area contributed by atoms with Crippen molar-refractivity contribution < 1.29 is 19.0 Å². The lowest BCUT2D eigenvalue weighted by molar-refractivity contribution is 0.0449. The highest BCUT2D eigenvalue weighted by molar-refractivity contribution is 7.21. The first-order valence-corrected chi connectivity index (χ1v) is 7.53. The van der Waals surface area contributed by atoms with Crippen LogP contribution in [0.15, 0.2) is 18.2 Å². The summed E-state index contributed by atoms with van der Waals surface area (Å²) in [7, 11) is 0. The summed E-state index contributed by atoms with van der Waals surface area (Å²) in [5.41, 5.74) is 0.475. The van der Waals surface area contributed by atoms with Gasteiger partial charge < -0.3 is 9.84 Å². The smallest absolute Gasteiger partial charge is 0.346 e. The molecule has 0 saturated heterocycles. The van der Waals surface area contributed by atoms with Crippen molar-refractivity contribution in [3.8, 4) is 0 Å². The Labute approximate surface area is 120 Å². The quantitative estimate of drug-likeness (QED) is 0.919. The zero-order valence-corrected chi connectivity index (χ0v) is 11.7. The molecule has 3 nitrogen and oxygen atoms in total. The van der Waals surface area contributed by atoms with E-state index in [0.717, 1.165) is 37.0 Å². The molecule has 1 heterocycles. The van der Waals surface area contributed by atoms with Crippen LogP contribution in [-0.4, -0.2) is 17.2 Å². The van der Waals surface area contributed by atoms with Crippen LogP contribution in [0.5, 0.6) is 0 Å². The summed E-state index contributed by atoms with van der Waals surface area (Å²) in [6.07, 6.45) is 4.49. The summed E-state index contributed by atoms with van der Waals surface area (Å²) in [6, 6.07) is 4.70. The Kier molecular flexibility index (Phi) is 3.72. The third-order valence-electron chi connectivity index (χ3n) is 3.72. The van der Waals surface area contributed by atoms with Crippen LogP contribution in [0.2, 0.25) is 0 Å². The first-order valence-electron chi connectivity index (χ1n) is 6.71. The molecule has 0 aliphatic heterocycles. The van der Waals surface area contributed by atoms with Gasteiger partial charge in [0.05, 0.1) is 12.7 Å². The highest BCUT2D eigenvalue weighted by Gasteiger charge is 2.22. The van der Waals surface area contributed by atoms with Gasteiger partial charge in [-0.3, -0.25) is 0 Å². The maximum absolute atomic E-state index is 14.0. The minimum atomic E-state index is -1.02. The lowest BCUT2D eigenvalue weighted by atomic mass is 10.1. The highest BCUT2D eigenvalue weighted by atomic mass is 32.1. The number of halogens is 1. The van der Waals surface area contributed by atoms with Gasteiger partial charge in [0.15, 0.2) is 0 Å². The minimum absolute atomic E-state index is 0.174. The second-order valence-corrected chi connectivity index (χ2v) is 6.10. The topological polar surface area (TPSA) is 46.5 Å². The Morgan fingerprint density at radius 1 is 1.40 bits per heavy atom. The van der Waals surface area contributed by atoms with Crippen molar-refractivity contribution in [1.82, 2.24) is 0 Å². The maximum Gasteiger partial charge on any atom is 0.346 e. The van der Waals surface area contributed by atoms with Crippen LogP contribution in [0, 0.1) is 5.82 Å². The lowest BCUT2D eigenvalue weighted by Gasteiger charge is -2.11. The summed E-state index contributed by atoms with van der Waals surface area (Å²) in [5, 5.41) is 9.68. The van der Waals surface area contributed by atoms with Crippen LogP contribution in [0.1, 0.15) is 40.9 Å². The Morgan fingerprint density at radius 3 is 2.85 bits per heavy atom. The largest absolute Gasteiger partial charge is 0.477 e. The van der Waals surface area contributed by atoms with Crippen LogP contribution >= 0.6 is 11.3 Å². The molecular formula is C15H15FO3S. The Morgan fingerprint density at radius 2 is 2.15 bits per heavy atom. The number of carboxylic acid groups (broad SMARTS) is 1. The van der Waals surface area contributed by atoms with Crippen LogP contribution in [0.3, 0.4) is 0 Å². The van der Waals surface area contributed by atoms with Crippen LogP contribution < -0.4 is 0 Å². The van der Waals surface area contributed by atoms with Crippen LogP contribution in [0.4, 0.5) is 4.39 Å². The number of aromatic carboxylic acids is 1. The fourth-order valence-electron chi connectivity index (χ4n) is 2.73. The Bertz CT molecular complexity index is 644. The van der Waals surface area contributed by atoms with Crippen molar-refractivity contribution >= 4 is 27.4 Å². The SMILES string of the molecule is O=C(O)c1sc2cccc(F)c2c1COC1CCCC1. The van der Waals surface area contributed by atoms with Gasteiger partial charge in [-0.2, -0.15) is 0 Å². The number of rotatable bonds is 4. The fraction of sp³-hybridized carbons (Fsp3) is 0.400. The normalized spacial score (nSPS) is 16.1. The van der Waals surface area contributed by atoms with E-state index in [1.54, 1.807) is 12.1 Å². The Balaban J connectivity index is 1.97. The van der Waals surface area contributed by atoms with Gasteiger partial charge in [-0.05, 0) is 25.0 Å². The molecule has 1 N–H and O–H groups in total. The Hall–Kier alpha value is -1.46. The minimum Gasteiger partial charge on any atom is -0.477 e. The summed E-state index contributed by atoms with van der Waals surface area (Å²) >= 11 is 1.11. The molecule has 0 spiro atoms. The van der Waals surface area contributed by atoms with Crippen LogP contribution in [0.25, 0.3) is 10.1 Å². The van der Waals surface area contributed by atoms with E-state index in [1.165, 1.54) is 6.07 Å². The van der Waals surface area contributed by atoms with Gasteiger partial charge in [0.25, 0.3) is 0 Å². The van der Waals surface area contributed by atoms with E-state index in [2.05, 4.69) is 0 Å². The molecule has 0 radical (unpaired) electrons. The van der Waals surface area contributed by atoms with Crippen molar-refractivity contribution in [3.63, 3.8) is 0 Å². The van der Waals surface area contributed by atoms with Crippen molar-refractivity contribution in [2.45, 2.75) is 38.4 Å². The average Bonchev–Trinajstić information content (AvgIpc) is 3.03. The molecule has 0 atom stereocenters. The summed E-state index contributed by atoms with van der Waals surface area (Å²) in [5.74, 6) is -1.40. The van der Waals surface area contributed by atoms with Gasteiger partial charge in [-0.15, -0.1) is 11.3 Å². The number of benzene rings is 1. The predicted octanol–water partition coefficient (Wildman–Crippen LogP) is 4.20. The van der Waals surface area contributed by atoms with Crippen molar-refractivity contribution in [2.24, 2.45) is 0 Å². The molecule has 1 saturated carbocycles. The summed E-state index contributed by atoms with van der Waals surface area (Å²) < 4.78 is 20.4. The standard InChI is InChI=1S/C15H15FO3S/c16-11-6-3-7-12-13(11)10(14(20-12)15(17)18)8-19-9-4-1-2-5-9/h3,6-7,9H,1-2,4-5,8H2,(H,17,18). The molecule has 3 rings (SSSR count). The number of carboxylic acids is 1. The summed E-state index contributed by atoms with van der Waals surface area (Å²) in [6.45, 7) is 0.174. The van der Waals surface area contributed by atoms with Gasteiger partial charge in [0.1, 0.15) is 10.7 Å². The average molecular weight is 294 g/mol. The molecule has 1 fully saturated rings. The number of carbonyl (C=O) groups is 1. The maximum atomic E-state index is 14.0. The molecular weight excluding hydrogens is 279 g/mol. The lowest BCUT2D eigenvalue weighted by Crippen LogP contribution is -2.09. The van der Waals surface area contributed by atoms with Gasteiger partial charge in [0.2, 0.25) is 0 Å². The van der Waals surface area contributed by atoms with E-state index in [9.17, 15) is 14.3 Å². The number of fused-ring (bicyclic) bond motifs is 1. The zero-order valence-electron chi connectivity index (χ0n) is 10.9. The monoisotopic (exact) mass is 294 g/mol. The molecule has 1 aromatic heterocycles. The third kappa shape index (κ3) is 2.43. The van der Waals surface area contributed by atoms with Gasteiger partial charge in [0, 0.05) is 15.6 Å². The van der Waals surface area contributed by atoms with Crippen molar-refractivity contribution in [2.75, 3.05) is 0 Å². The van der Waals surface area contributed by atoms with E-state index in [-0.39, 0.29) is 23.4 Å². The zero-order chi connectivity index (χ0) is 14.1. The van der Waals surface area contributed by atoms with Gasteiger partial charge in [-0.1, -0.05) is 18.9 Å². The van der Waals surface area contributed by atoms with Crippen LogP contribution in [-0.2, 0) is 11.3 Å². The third-order valence-corrected chi connectivity index (χ3v) is 4.91. The summed E-state index contributed by atoms with van der Waals surface area (Å²) in [4.78, 5) is 11.5. The molecule has 106 valence electrons. The number of ether oxygens (including phenoxy) is 1. The molecule has 0 bridgehead atoms. The predicted molar refractivity (Wildman–Crippen MR) is 75.8 cm³/mol. The van der Waals surface area contributed by atoms with Gasteiger partial charge in [-0.25, -0.2) is 9.18 Å². The van der Waals surface area contributed by atoms with E-state index in [4.69, 9.17) is 4.74 Å². The van der Waals surface area contributed by atoms with Crippen molar-refractivity contribution in [1.29, 1.82) is 0 Å². The number of hydrogen-bond acceptors (Lipinski definition) is 3. The molecule has 20 heavy (non-hydrogen) atoms. The highest BCUT2D eigenvalue weighted by Crippen LogP contribution is 2.34. The first-order chi connectivity index (χ1) is 9.66.